The number of ether oxygens (including phenoxy) is 3. The van der Waals surface area contributed by atoms with Gasteiger partial charge < -0.3 is 14.2 Å². The summed E-state index contributed by atoms with van der Waals surface area (Å²) in [6.07, 6.45) is 1.47. The van der Waals surface area contributed by atoms with E-state index in [2.05, 4.69) is 4.98 Å². The third-order valence-corrected chi connectivity index (χ3v) is 7.04. The Kier molecular flexibility index (Phi) is 6.68. The number of aromatic nitrogens is 1. The second-order valence-electron chi connectivity index (χ2n) is 7.57. The van der Waals surface area contributed by atoms with Crippen LogP contribution in [0.25, 0.3) is 10.2 Å². The lowest BCUT2D eigenvalue weighted by atomic mass is 10.1. The Morgan fingerprint density at radius 1 is 1.33 bits per heavy atom. The quantitative estimate of drug-likeness (QED) is 0.338. The number of anilines is 1. The zero-order valence-electron chi connectivity index (χ0n) is 18.3. The highest BCUT2D eigenvalue weighted by Crippen LogP contribution is 2.39. The van der Waals surface area contributed by atoms with Crippen LogP contribution in [0.2, 0.25) is 5.02 Å². The first-order valence-corrected chi connectivity index (χ1v) is 11.4. The van der Waals surface area contributed by atoms with Crippen molar-refractivity contribution in [3.05, 3.63) is 50.5 Å². The second-order valence-corrected chi connectivity index (χ2v) is 8.96. The molecule has 2 aromatic carbocycles. The van der Waals surface area contributed by atoms with E-state index in [-0.39, 0.29) is 35.4 Å². The zero-order chi connectivity index (χ0) is 23.7. The number of hydrogen-bond donors (Lipinski definition) is 0. The lowest BCUT2D eigenvalue weighted by Crippen LogP contribution is -2.37. The molecule has 1 aliphatic rings. The van der Waals surface area contributed by atoms with Gasteiger partial charge >= 0.3 is 0 Å². The first-order valence-electron chi connectivity index (χ1n) is 10.2. The average Bonchev–Trinajstić information content (AvgIpc) is 3.49. The molecule has 0 saturated carbocycles. The van der Waals surface area contributed by atoms with Crippen LogP contribution in [0.1, 0.15) is 28.8 Å². The van der Waals surface area contributed by atoms with Crippen molar-refractivity contribution in [1.82, 2.24) is 4.98 Å². The average molecular weight is 492 g/mol. The molecular formula is C22H22ClN3O6S. The summed E-state index contributed by atoms with van der Waals surface area (Å²) in [5.41, 5.74) is 1.09. The van der Waals surface area contributed by atoms with Gasteiger partial charge in [-0.15, -0.1) is 0 Å². The number of hydrogen-bond acceptors (Lipinski definition) is 8. The lowest BCUT2D eigenvalue weighted by Gasteiger charge is -2.23. The molecule has 1 fully saturated rings. The van der Waals surface area contributed by atoms with E-state index in [9.17, 15) is 14.9 Å². The maximum absolute atomic E-state index is 13.8. The molecule has 1 atom stereocenters. The number of methoxy groups -OCH3 is 2. The van der Waals surface area contributed by atoms with Crippen molar-refractivity contribution in [3.63, 3.8) is 0 Å². The molecule has 1 amide bonds. The van der Waals surface area contributed by atoms with E-state index in [1.54, 1.807) is 6.07 Å². The van der Waals surface area contributed by atoms with E-state index in [0.717, 1.165) is 23.1 Å². The van der Waals surface area contributed by atoms with Crippen LogP contribution in [-0.4, -0.2) is 49.3 Å². The maximum atomic E-state index is 13.8. The molecule has 33 heavy (non-hydrogen) atoms. The van der Waals surface area contributed by atoms with Crippen LogP contribution >= 0.6 is 22.9 Å². The van der Waals surface area contributed by atoms with E-state index in [0.29, 0.717) is 22.3 Å². The van der Waals surface area contributed by atoms with Gasteiger partial charge in [-0.2, -0.15) is 0 Å². The number of amides is 1. The first-order chi connectivity index (χ1) is 15.8. The number of carbonyl (C=O) groups excluding carboxylic acids is 1. The van der Waals surface area contributed by atoms with Crippen molar-refractivity contribution >= 4 is 49.9 Å². The minimum atomic E-state index is -0.612. The van der Waals surface area contributed by atoms with Crippen molar-refractivity contribution < 1.29 is 23.9 Å². The SMILES string of the molecule is COc1cc(C(=O)N(CC2CCCO2)c2nc3c(C)ccc(Cl)c3s2)c([N+](=O)[O-])cc1OC. The fourth-order valence-corrected chi connectivity index (χ4v) is 5.11. The third-order valence-electron chi connectivity index (χ3n) is 5.50. The Bertz CT molecular complexity index is 1190. The van der Waals surface area contributed by atoms with Gasteiger partial charge in [-0.25, -0.2) is 4.98 Å². The molecule has 0 bridgehead atoms. The Morgan fingerprint density at radius 2 is 2.06 bits per heavy atom. The Labute approximate surface area is 199 Å². The predicted molar refractivity (Wildman–Crippen MR) is 126 cm³/mol. The van der Waals surface area contributed by atoms with Gasteiger partial charge in [0.1, 0.15) is 5.56 Å². The number of nitro benzene ring substituents is 1. The molecule has 9 nitrogen and oxygen atoms in total. The van der Waals surface area contributed by atoms with E-state index < -0.39 is 10.8 Å². The van der Waals surface area contributed by atoms with Gasteiger partial charge in [-0.3, -0.25) is 19.8 Å². The van der Waals surface area contributed by atoms with Gasteiger partial charge in [0.15, 0.2) is 16.6 Å². The maximum Gasteiger partial charge on any atom is 0.286 e. The van der Waals surface area contributed by atoms with E-state index in [1.165, 1.54) is 42.6 Å². The van der Waals surface area contributed by atoms with Gasteiger partial charge in [0.05, 0.1) is 53.1 Å². The van der Waals surface area contributed by atoms with Crippen molar-refractivity contribution in [2.75, 3.05) is 32.3 Å². The highest BCUT2D eigenvalue weighted by atomic mass is 35.5. The Balaban J connectivity index is 1.85. The molecular weight excluding hydrogens is 470 g/mol. The van der Waals surface area contributed by atoms with Crippen LogP contribution in [-0.2, 0) is 4.74 Å². The summed E-state index contributed by atoms with van der Waals surface area (Å²) < 4.78 is 17.0. The summed E-state index contributed by atoms with van der Waals surface area (Å²) in [5, 5.41) is 12.7. The summed E-state index contributed by atoms with van der Waals surface area (Å²) in [6.45, 7) is 2.72. The number of rotatable bonds is 7. The molecule has 0 radical (unpaired) electrons. The van der Waals surface area contributed by atoms with Crippen LogP contribution in [0, 0.1) is 17.0 Å². The molecule has 0 spiro atoms. The van der Waals surface area contributed by atoms with Crippen molar-refractivity contribution in [2.24, 2.45) is 0 Å². The third kappa shape index (κ3) is 4.46. The topological polar surface area (TPSA) is 104 Å². The van der Waals surface area contributed by atoms with Crippen LogP contribution in [0.3, 0.4) is 0 Å². The monoisotopic (exact) mass is 491 g/mol. The second kappa shape index (κ2) is 9.50. The Morgan fingerprint density at radius 3 is 2.67 bits per heavy atom. The smallest absolute Gasteiger partial charge is 0.286 e. The molecule has 2 heterocycles. The zero-order valence-corrected chi connectivity index (χ0v) is 19.9. The van der Waals surface area contributed by atoms with E-state index in [4.69, 9.17) is 25.8 Å². The number of fused-ring (bicyclic) bond motifs is 1. The van der Waals surface area contributed by atoms with Crippen molar-refractivity contribution in [1.29, 1.82) is 0 Å². The minimum absolute atomic E-state index is 0.127. The lowest BCUT2D eigenvalue weighted by molar-refractivity contribution is -0.385. The number of benzene rings is 2. The number of carbonyl (C=O) groups is 1. The minimum Gasteiger partial charge on any atom is -0.493 e. The standard InChI is InChI=1S/C22H22ClN3O6S/c1-12-6-7-15(23)20-19(12)24-22(33-20)25(11-13-5-4-8-32-13)21(27)14-9-17(30-2)18(31-3)10-16(14)26(28)29/h6-7,9-10,13H,4-5,8,11H2,1-3H3. The summed E-state index contributed by atoms with van der Waals surface area (Å²) in [6, 6.07) is 6.16. The molecule has 4 rings (SSSR count). The van der Waals surface area contributed by atoms with Crippen molar-refractivity contribution in [3.8, 4) is 11.5 Å². The highest BCUT2D eigenvalue weighted by molar-refractivity contribution is 7.23. The fraction of sp³-hybridized carbons (Fsp3) is 0.364. The van der Waals surface area contributed by atoms with E-state index >= 15 is 0 Å². The van der Waals surface area contributed by atoms with Crippen LogP contribution in [0.15, 0.2) is 24.3 Å². The molecule has 1 aliphatic heterocycles. The molecule has 0 aliphatic carbocycles. The summed E-state index contributed by atoms with van der Waals surface area (Å²) in [5.74, 6) is -0.202. The van der Waals surface area contributed by atoms with E-state index in [1.807, 2.05) is 13.0 Å². The van der Waals surface area contributed by atoms with Gasteiger partial charge in [-0.05, 0) is 31.4 Å². The number of aryl methyl sites for hydroxylation is 1. The number of nitrogens with zero attached hydrogens (tertiary/aromatic N) is 3. The number of thiazole rings is 1. The molecule has 0 N–H and O–H groups in total. The molecule has 11 heteroatoms. The van der Waals surface area contributed by atoms with Gasteiger partial charge in [0.2, 0.25) is 0 Å². The summed E-state index contributed by atoms with van der Waals surface area (Å²) in [4.78, 5) is 31.1. The Hall–Kier alpha value is -2.95. The normalized spacial score (nSPS) is 15.6. The fourth-order valence-electron chi connectivity index (χ4n) is 3.78. The number of nitro groups is 1. The van der Waals surface area contributed by atoms with Gasteiger partial charge in [-0.1, -0.05) is 29.0 Å². The van der Waals surface area contributed by atoms with Crippen LogP contribution in [0.4, 0.5) is 10.8 Å². The molecule has 1 saturated heterocycles. The highest BCUT2D eigenvalue weighted by Gasteiger charge is 2.33. The van der Waals surface area contributed by atoms with Crippen LogP contribution in [0.5, 0.6) is 11.5 Å². The number of halogens is 1. The molecule has 3 aromatic rings. The van der Waals surface area contributed by atoms with Gasteiger partial charge in [0.25, 0.3) is 11.6 Å². The largest absolute Gasteiger partial charge is 0.493 e. The molecule has 1 unspecified atom stereocenters. The van der Waals surface area contributed by atoms with Gasteiger partial charge in [0, 0.05) is 12.7 Å². The first kappa shape index (κ1) is 23.2. The predicted octanol–water partition coefficient (Wildman–Crippen LogP) is 5.01. The molecule has 1 aromatic heterocycles. The summed E-state index contributed by atoms with van der Waals surface area (Å²) in [7, 11) is 2.78. The van der Waals surface area contributed by atoms with Crippen LogP contribution < -0.4 is 14.4 Å². The van der Waals surface area contributed by atoms with Crippen molar-refractivity contribution in [2.45, 2.75) is 25.9 Å². The summed E-state index contributed by atoms with van der Waals surface area (Å²) >= 11 is 7.64. The molecule has 174 valence electrons.